The zero-order valence-corrected chi connectivity index (χ0v) is 16.8. The molecule has 8 nitrogen and oxygen atoms in total. The van der Waals surface area contributed by atoms with Crippen LogP contribution in [0.3, 0.4) is 0 Å². The molecule has 0 aromatic heterocycles. The van der Waals surface area contributed by atoms with Crippen LogP contribution in [0.15, 0.2) is 0 Å². The van der Waals surface area contributed by atoms with Gasteiger partial charge in [-0.2, -0.15) is 0 Å². The number of amides is 1. The van der Waals surface area contributed by atoms with Crippen molar-refractivity contribution in [2.45, 2.75) is 56.8 Å². The van der Waals surface area contributed by atoms with Crippen molar-refractivity contribution in [2.24, 2.45) is 5.73 Å². The molecule has 24 heavy (non-hydrogen) atoms. The second kappa shape index (κ2) is 7.77. The fourth-order valence-corrected chi connectivity index (χ4v) is 3.25. The van der Waals surface area contributed by atoms with Gasteiger partial charge in [0.1, 0.15) is 19.6 Å². The lowest BCUT2D eigenvalue weighted by Crippen LogP contribution is -2.84. The molecule has 1 rings (SSSR count). The van der Waals surface area contributed by atoms with Crippen molar-refractivity contribution >= 4 is 14.2 Å². The Morgan fingerprint density at radius 2 is 1.92 bits per heavy atom. The summed E-state index contributed by atoms with van der Waals surface area (Å²) in [4.78, 5) is 13.4. The predicted molar refractivity (Wildman–Crippen MR) is 91.5 cm³/mol. The maximum Gasteiger partial charge on any atom is 0.259 e. The van der Waals surface area contributed by atoms with E-state index in [4.69, 9.17) is 24.4 Å². The van der Waals surface area contributed by atoms with Crippen LogP contribution in [0.1, 0.15) is 20.8 Å². The van der Waals surface area contributed by atoms with Crippen LogP contribution < -0.4 is 5.73 Å². The lowest BCUT2D eigenvalue weighted by Gasteiger charge is -2.56. The number of aliphatic hydroxyl groups is 1. The Morgan fingerprint density at radius 3 is 2.38 bits per heavy atom. The molecule has 1 amide bonds. The molecule has 0 aliphatic carbocycles. The van der Waals surface area contributed by atoms with Gasteiger partial charge in [-0.1, -0.05) is 20.8 Å². The zero-order valence-electron chi connectivity index (χ0n) is 15.8. The fourth-order valence-electron chi connectivity index (χ4n) is 2.24. The van der Waals surface area contributed by atoms with Gasteiger partial charge in [-0.25, -0.2) is 0 Å². The minimum Gasteiger partial charge on any atom is -0.414 e. The Balaban J connectivity index is 2.85. The fraction of sp³-hybridized carbons (Fsp3) is 0.933. The molecule has 1 fully saturated rings. The smallest absolute Gasteiger partial charge is 0.259 e. The van der Waals surface area contributed by atoms with Gasteiger partial charge in [0, 0.05) is 14.2 Å². The van der Waals surface area contributed by atoms with Crippen LogP contribution in [0.5, 0.6) is 0 Å². The Bertz CT molecular complexity index is 442. The number of rotatable bonds is 9. The molecule has 9 heteroatoms. The number of nitrogens with two attached hydrogens (primary N) is 1. The van der Waals surface area contributed by atoms with Gasteiger partial charge >= 0.3 is 0 Å². The summed E-state index contributed by atoms with van der Waals surface area (Å²) in [6.07, 6.45) is -2.10. The van der Waals surface area contributed by atoms with E-state index >= 15 is 0 Å². The Kier molecular flexibility index (Phi) is 6.96. The molecule has 142 valence electrons. The van der Waals surface area contributed by atoms with Crippen molar-refractivity contribution < 1.29 is 28.5 Å². The number of ether oxygens (including phenoxy) is 3. The first-order valence-corrected chi connectivity index (χ1v) is 10.9. The SMILES string of the molecule is COCO[C@H]1C(=O)N(COC)[C@@]1(N)[C@H](O)CO[Si](C)(C)C(C)(C)C. The van der Waals surface area contributed by atoms with Crippen molar-refractivity contribution in [3.8, 4) is 0 Å². The normalized spacial score (nSPS) is 26.5. The molecule has 0 spiro atoms. The average molecular weight is 365 g/mol. The maximum atomic E-state index is 12.2. The highest BCUT2D eigenvalue weighted by molar-refractivity contribution is 6.74. The molecule has 1 aliphatic rings. The van der Waals surface area contributed by atoms with E-state index in [-0.39, 0.29) is 31.1 Å². The number of nitrogens with zero attached hydrogens (tertiary/aromatic N) is 1. The molecule has 1 saturated heterocycles. The monoisotopic (exact) mass is 364 g/mol. The van der Waals surface area contributed by atoms with Gasteiger partial charge in [0.2, 0.25) is 0 Å². The van der Waals surface area contributed by atoms with E-state index in [2.05, 4.69) is 33.9 Å². The number of β-lactam (4-membered cyclic amide) rings is 1. The van der Waals surface area contributed by atoms with Crippen molar-refractivity contribution in [1.29, 1.82) is 0 Å². The van der Waals surface area contributed by atoms with Crippen LogP contribution in [0, 0.1) is 0 Å². The van der Waals surface area contributed by atoms with Crippen LogP contribution >= 0.6 is 0 Å². The van der Waals surface area contributed by atoms with Gasteiger partial charge in [-0.3, -0.25) is 9.69 Å². The number of aliphatic hydroxyl groups excluding tert-OH is 1. The van der Waals surface area contributed by atoms with Crippen molar-refractivity contribution in [1.82, 2.24) is 4.90 Å². The summed E-state index contributed by atoms with van der Waals surface area (Å²) in [5, 5.41) is 10.6. The molecule has 1 aliphatic heterocycles. The molecule has 1 heterocycles. The van der Waals surface area contributed by atoms with Crippen LogP contribution in [0.25, 0.3) is 0 Å². The number of carbonyl (C=O) groups excluding carboxylic acids is 1. The highest BCUT2D eigenvalue weighted by Crippen LogP contribution is 2.38. The van der Waals surface area contributed by atoms with Crippen LogP contribution in [0.2, 0.25) is 18.1 Å². The second-order valence-corrected chi connectivity index (χ2v) is 12.4. The minimum absolute atomic E-state index is 0.00207. The summed E-state index contributed by atoms with van der Waals surface area (Å²) in [7, 11) is 0.848. The first-order chi connectivity index (χ1) is 10.9. The van der Waals surface area contributed by atoms with E-state index < -0.39 is 26.2 Å². The highest BCUT2D eigenvalue weighted by atomic mass is 28.4. The van der Waals surface area contributed by atoms with E-state index in [0.29, 0.717) is 0 Å². The summed E-state index contributed by atoms with van der Waals surface area (Å²) in [5.41, 5.74) is 4.91. The summed E-state index contributed by atoms with van der Waals surface area (Å²) in [5.74, 6) is -0.345. The summed E-state index contributed by atoms with van der Waals surface area (Å²) in [6.45, 7) is 10.4. The molecule has 3 N–H and O–H groups in total. The molecule has 0 bridgehead atoms. The lowest BCUT2D eigenvalue weighted by atomic mass is 9.85. The van der Waals surface area contributed by atoms with Gasteiger partial charge in [-0.05, 0) is 18.1 Å². The Labute approximate surface area is 145 Å². The van der Waals surface area contributed by atoms with Gasteiger partial charge in [0.05, 0.1) is 6.61 Å². The number of hydrogen-bond acceptors (Lipinski definition) is 7. The molecule has 0 radical (unpaired) electrons. The third-order valence-electron chi connectivity index (χ3n) is 4.93. The average Bonchev–Trinajstić information content (AvgIpc) is 2.49. The van der Waals surface area contributed by atoms with Gasteiger partial charge in [0.15, 0.2) is 20.1 Å². The van der Waals surface area contributed by atoms with E-state index in [1.165, 1.54) is 19.1 Å². The number of methoxy groups -OCH3 is 2. The number of hydrogen-bond donors (Lipinski definition) is 2. The van der Waals surface area contributed by atoms with E-state index in [9.17, 15) is 9.90 Å². The molecule has 0 aromatic carbocycles. The molecular weight excluding hydrogens is 332 g/mol. The van der Waals surface area contributed by atoms with Gasteiger partial charge < -0.3 is 29.5 Å². The van der Waals surface area contributed by atoms with Gasteiger partial charge in [-0.15, -0.1) is 0 Å². The molecule has 0 saturated carbocycles. The van der Waals surface area contributed by atoms with Gasteiger partial charge in [0.25, 0.3) is 5.91 Å². The summed E-state index contributed by atoms with van der Waals surface area (Å²) in [6, 6.07) is 0. The quantitative estimate of drug-likeness (QED) is 0.348. The molecule has 3 atom stereocenters. The number of carbonyl (C=O) groups is 1. The first-order valence-electron chi connectivity index (χ1n) is 7.95. The standard InChI is InChI=1S/C15H32N2O6Si/c1-14(2,3)24(6,7)23-8-11(18)15(16)12(22-10-21-5)13(19)17(15)9-20-4/h11-12,18H,8-10,16H2,1-7H3/t11-,12+,15+/m1/s1. The molecule has 0 unspecified atom stereocenters. The predicted octanol–water partition coefficient (Wildman–Crippen LogP) is 0.459. The topological polar surface area (TPSA) is 103 Å². The van der Waals surface area contributed by atoms with Crippen molar-refractivity contribution in [3.05, 3.63) is 0 Å². The second-order valence-electron chi connectivity index (χ2n) is 7.61. The minimum atomic E-state index is -2.06. The van der Waals surface area contributed by atoms with E-state index in [1.807, 2.05) is 0 Å². The van der Waals surface area contributed by atoms with Crippen LogP contribution in [-0.2, 0) is 23.4 Å². The van der Waals surface area contributed by atoms with Crippen molar-refractivity contribution in [2.75, 3.05) is 34.4 Å². The summed E-state index contributed by atoms with van der Waals surface area (Å²) < 4.78 is 21.2. The third-order valence-corrected chi connectivity index (χ3v) is 9.43. The highest BCUT2D eigenvalue weighted by Gasteiger charge is 2.63. The molecular formula is C15H32N2O6Si. The van der Waals surface area contributed by atoms with E-state index in [1.54, 1.807) is 0 Å². The Morgan fingerprint density at radius 1 is 1.33 bits per heavy atom. The molecule has 0 aromatic rings. The zero-order chi connectivity index (χ0) is 18.8. The maximum absolute atomic E-state index is 12.2. The third kappa shape index (κ3) is 3.98. The Hall–Kier alpha value is -0.553. The van der Waals surface area contributed by atoms with Crippen molar-refractivity contribution in [3.63, 3.8) is 0 Å². The van der Waals surface area contributed by atoms with Crippen LogP contribution in [-0.4, -0.2) is 76.5 Å². The lowest BCUT2D eigenvalue weighted by molar-refractivity contribution is -0.241. The summed E-state index contributed by atoms with van der Waals surface area (Å²) >= 11 is 0. The first kappa shape index (κ1) is 21.5. The largest absolute Gasteiger partial charge is 0.414 e. The van der Waals surface area contributed by atoms with E-state index in [0.717, 1.165) is 0 Å². The number of likely N-dealkylation sites (tertiary alicyclic amines) is 1. The van der Waals surface area contributed by atoms with Crippen LogP contribution in [0.4, 0.5) is 0 Å².